The van der Waals surface area contributed by atoms with Crippen molar-refractivity contribution in [2.45, 2.75) is 11.8 Å². The van der Waals surface area contributed by atoms with Crippen LogP contribution in [-0.4, -0.2) is 31.9 Å². The second-order valence-corrected chi connectivity index (χ2v) is 8.53. The highest BCUT2D eigenvalue weighted by Gasteiger charge is 2.17. The molecule has 0 heterocycles. The molecular weight excluding hydrogens is 408 g/mol. The van der Waals surface area contributed by atoms with E-state index in [1.807, 2.05) is 6.92 Å². The number of carboxylic acids is 1. The smallest absolute Gasteiger partial charge is 0.339 e. The molecule has 0 atom stereocenters. The van der Waals surface area contributed by atoms with E-state index in [9.17, 15) is 18.3 Å². The van der Waals surface area contributed by atoms with Crippen LogP contribution in [0.25, 0.3) is 0 Å². The molecule has 3 rings (SSSR count). The zero-order chi connectivity index (χ0) is 21.6. The summed E-state index contributed by atoms with van der Waals surface area (Å²) >= 11 is 0. The molecule has 0 radical (unpaired) electrons. The van der Waals surface area contributed by atoms with Gasteiger partial charge >= 0.3 is 5.97 Å². The Hall–Kier alpha value is -3.52. The summed E-state index contributed by atoms with van der Waals surface area (Å²) in [4.78, 5) is 22.0. The second kappa shape index (κ2) is 9.32. The Labute approximate surface area is 174 Å². The fourth-order valence-corrected chi connectivity index (χ4v) is 3.63. The van der Waals surface area contributed by atoms with Gasteiger partial charge in [0.2, 0.25) is 0 Å². The normalized spacial score (nSPS) is 11.0. The Morgan fingerprint density at radius 1 is 0.900 bits per heavy atom. The van der Waals surface area contributed by atoms with Gasteiger partial charge in [-0.25, -0.2) is 13.2 Å². The van der Waals surface area contributed by atoms with Crippen LogP contribution in [0.5, 0.6) is 17.2 Å². The van der Waals surface area contributed by atoms with Crippen LogP contribution in [0.15, 0.2) is 77.7 Å². The number of para-hydroxylation sites is 1. The minimum absolute atomic E-state index is 0.0646. The number of ether oxygens (including phenoxy) is 1. The van der Waals surface area contributed by atoms with Crippen molar-refractivity contribution in [1.82, 2.24) is 0 Å². The lowest BCUT2D eigenvalue weighted by Gasteiger charge is -2.11. The molecule has 7 nitrogen and oxygen atoms in total. The molecule has 3 aromatic carbocycles. The number of aromatic carboxylic acids is 1. The molecule has 0 aromatic heterocycles. The van der Waals surface area contributed by atoms with Crippen LogP contribution in [0.3, 0.4) is 0 Å². The summed E-state index contributed by atoms with van der Waals surface area (Å²) in [5, 5.41) is 9.33. The van der Waals surface area contributed by atoms with E-state index in [1.54, 1.807) is 54.6 Å². The highest BCUT2D eigenvalue weighted by molar-refractivity contribution is 7.91. The fourth-order valence-electron chi connectivity index (χ4n) is 2.54. The lowest BCUT2D eigenvalue weighted by Crippen LogP contribution is -2.14. The molecule has 0 saturated heterocycles. The van der Waals surface area contributed by atoms with E-state index in [1.165, 1.54) is 18.2 Å². The zero-order valence-corrected chi connectivity index (χ0v) is 17.0. The predicted molar refractivity (Wildman–Crippen MR) is 110 cm³/mol. The summed E-state index contributed by atoms with van der Waals surface area (Å²) in [5.74, 6) is -0.844. The molecule has 0 fully saturated rings. The first-order valence-corrected chi connectivity index (χ1v) is 10.7. The molecule has 0 bridgehead atoms. The van der Waals surface area contributed by atoms with Crippen LogP contribution in [0, 0.1) is 6.92 Å². The third-order valence-corrected chi connectivity index (χ3v) is 5.85. The third kappa shape index (κ3) is 5.51. The maximum absolute atomic E-state index is 12.4. The minimum atomic E-state index is -3.50. The van der Waals surface area contributed by atoms with Gasteiger partial charge in [-0.3, -0.25) is 9.78 Å². The van der Waals surface area contributed by atoms with E-state index in [2.05, 4.69) is 0 Å². The molecule has 3 aromatic rings. The number of hydrogen-bond donors (Lipinski definition) is 1. The Balaban J connectivity index is 1.67. The molecule has 8 heteroatoms. The van der Waals surface area contributed by atoms with Crippen LogP contribution in [0.4, 0.5) is 0 Å². The Kier molecular flexibility index (Phi) is 6.58. The first-order valence-electron chi connectivity index (χ1n) is 9.04. The van der Waals surface area contributed by atoms with Gasteiger partial charge in [0.1, 0.15) is 17.9 Å². The molecule has 0 saturated carbocycles. The summed E-state index contributed by atoms with van der Waals surface area (Å²) < 4.78 is 30.3. The van der Waals surface area contributed by atoms with Crippen molar-refractivity contribution in [3.8, 4) is 17.2 Å². The standard InChI is InChI=1S/C22H20O7S/c1-16-7-10-19(11-8-16)30(25,26)14-13-27-18-9-12-20(22(23)24)21(15-18)29-28-17-5-3-2-4-6-17/h2-12,15H,13-14H2,1H3,(H,23,24). The Morgan fingerprint density at radius 3 is 2.27 bits per heavy atom. The van der Waals surface area contributed by atoms with E-state index in [4.69, 9.17) is 14.5 Å². The number of rotatable bonds is 9. The molecule has 1 N–H and O–H groups in total. The highest BCUT2D eigenvalue weighted by Crippen LogP contribution is 2.26. The summed E-state index contributed by atoms with van der Waals surface area (Å²) in [7, 11) is -3.50. The van der Waals surface area contributed by atoms with Gasteiger partial charge in [0.05, 0.1) is 10.6 Å². The van der Waals surface area contributed by atoms with E-state index in [0.717, 1.165) is 5.56 Å². The monoisotopic (exact) mass is 428 g/mol. The van der Waals surface area contributed by atoms with Gasteiger partial charge in [-0.15, -0.1) is 0 Å². The number of benzene rings is 3. The van der Waals surface area contributed by atoms with Crippen LogP contribution < -0.4 is 14.5 Å². The number of carboxylic acid groups (broad SMARTS) is 1. The number of carbonyl (C=O) groups is 1. The van der Waals surface area contributed by atoms with Crippen LogP contribution in [0.1, 0.15) is 15.9 Å². The lowest BCUT2D eigenvalue weighted by molar-refractivity contribution is -0.101. The average molecular weight is 428 g/mol. The summed E-state index contributed by atoms with van der Waals surface area (Å²) in [6, 6.07) is 19.2. The first kappa shape index (κ1) is 21.2. The topological polar surface area (TPSA) is 99.1 Å². The van der Waals surface area contributed by atoms with Gasteiger partial charge in [-0.05, 0) is 43.3 Å². The van der Waals surface area contributed by atoms with Crippen molar-refractivity contribution >= 4 is 15.8 Å². The quantitative estimate of drug-likeness (QED) is 0.407. The zero-order valence-electron chi connectivity index (χ0n) is 16.1. The van der Waals surface area contributed by atoms with Gasteiger partial charge in [0.15, 0.2) is 21.3 Å². The fraction of sp³-hybridized carbons (Fsp3) is 0.136. The van der Waals surface area contributed by atoms with Crippen molar-refractivity contribution in [3.05, 3.63) is 83.9 Å². The van der Waals surface area contributed by atoms with Crippen molar-refractivity contribution in [2.24, 2.45) is 0 Å². The molecule has 0 aliphatic rings. The van der Waals surface area contributed by atoms with E-state index < -0.39 is 15.8 Å². The maximum atomic E-state index is 12.4. The molecule has 0 unspecified atom stereocenters. The predicted octanol–water partition coefficient (Wildman–Crippen LogP) is 3.92. The Bertz CT molecular complexity index is 1110. The minimum Gasteiger partial charge on any atom is -0.492 e. The van der Waals surface area contributed by atoms with Gasteiger partial charge in [0, 0.05) is 6.07 Å². The number of aryl methyl sites for hydroxylation is 1. The van der Waals surface area contributed by atoms with Gasteiger partial charge < -0.3 is 9.84 Å². The van der Waals surface area contributed by atoms with Crippen LogP contribution in [0.2, 0.25) is 0 Å². The van der Waals surface area contributed by atoms with Crippen molar-refractivity contribution in [2.75, 3.05) is 12.4 Å². The number of hydrogen-bond acceptors (Lipinski definition) is 6. The van der Waals surface area contributed by atoms with Crippen molar-refractivity contribution in [1.29, 1.82) is 0 Å². The van der Waals surface area contributed by atoms with E-state index >= 15 is 0 Å². The average Bonchev–Trinajstić information content (AvgIpc) is 2.73. The van der Waals surface area contributed by atoms with E-state index in [0.29, 0.717) is 5.75 Å². The number of sulfone groups is 1. The van der Waals surface area contributed by atoms with E-state index in [-0.39, 0.29) is 34.3 Å². The van der Waals surface area contributed by atoms with Crippen molar-refractivity contribution in [3.63, 3.8) is 0 Å². The molecule has 156 valence electrons. The summed E-state index contributed by atoms with van der Waals surface area (Å²) in [5.41, 5.74) is 0.847. The van der Waals surface area contributed by atoms with Gasteiger partial charge in [0.25, 0.3) is 0 Å². The van der Waals surface area contributed by atoms with Crippen LogP contribution in [-0.2, 0) is 9.84 Å². The first-order chi connectivity index (χ1) is 14.3. The Morgan fingerprint density at radius 2 is 1.60 bits per heavy atom. The molecule has 0 aliphatic carbocycles. The highest BCUT2D eigenvalue weighted by atomic mass is 32.2. The summed E-state index contributed by atoms with van der Waals surface area (Å²) in [6.45, 7) is 1.77. The largest absolute Gasteiger partial charge is 0.492 e. The molecule has 0 amide bonds. The molecule has 30 heavy (non-hydrogen) atoms. The van der Waals surface area contributed by atoms with Gasteiger partial charge in [-0.1, -0.05) is 35.9 Å². The third-order valence-electron chi connectivity index (χ3n) is 4.16. The maximum Gasteiger partial charge on any atom is 0.339 e. The molecule has 0 spiro atoms. The molecular formula is C22H20O7S. The van der Waals surface area contributed by atoms with Crippen LogP contribution >= 0.6 is 0 Å². The van der Waals surface area contributed by atoms with Gasteiger partial charge in [-0.2, -0.15) is 0 Å². The lowest BCUT2D eigenvalue weighted by atomic mass is 10.2. The SMILES string of the molecule is Cc1ccc(S(=O)(=O)CCOc2ccc(C(=O)O)c(OOc3ccccc3)c2)cc1. The van der Waals surface area contributed by atoms with Crippen molar-refractivity contribution < 1.29 is 32.8 Å². The second-order valence-electron chi connectivity index (χ2n) is 6.42. The summed E-state index contributed by atoms with van der Waals surface area (Å²) in [6.07, 6.45) is 0. The molecule has 0 aliphatic heterocycles.